The van der Waals surface area contributed by atoms with Crippen molar-refractivity contribution in [3.8, 4) is 0 Å². The van der Waals surface area contributed by atoms with Crippen molar-refractivity contribution in [1.82, 2.24) is 0 Å². The van der Waals surface area contributed by atoms with Crippen LogP contribution in [0.3, 0.4) is 0 Å². The minimum atomic E-state index is 0. The molecule has 0 bridgehead atoms. The van der Waals surface area contributed by atoms with Crippen LogP contribution in [0.1, 0.15) is 41.5 Å². The third kappa shape index (κ3) is 11.8. The first-order valence-electron chi connectivity index (χ1n) is 3.50. The van der Waals surface area contributed by atoms with Gasteiger partial charge in [0.1, 0.15) is 0 Å². The van der Waals surface area contributed by atoms with Gasteiger partial charge in [-0.05, 0) is 10.3 Å². The van der Waals surface area contributed by atoms with Crippen LogP contribution >= 0.6 is 8.58 Å². The molecule has 0 heterocycles. The molecule has 0 atom stereocenters. The van der Waals surface area contributed by atoms with E-state index < -0.39 is 0 Å². The average Bonchev–Trinajstić information content (AvgIpc) is 1.14. The van der Waals surface area contributed by atoms with Gasteiger partial charge in [-0.2, -0.15) is 0 Å². The predicted octanol–water partition coefficient (Wildman–Crippen LogP) is 2.61. The molecule has 0 fully saturated rings. The van der Waals surface area contributed by atoms with Crippen molar-refractivity contribution in [3.05, 3.63) is 0 Å². The summed E-state index contributed by atoms with van der Waals surface area (Å²) in [5.41, 5.74) is 0. The molecule has 0 saturated carbocycles. The van der Waals surface area contributed by atoms with E-state index >= 15 is 0 Å². The molecule has 0 saturated heterocycles. The normalized spacial score (nSPS) is 12.6. The summed E-state index contributed by atoms with van der Waals surface area (Å²) >= 11 is 0. The van der Waals surface area contributed by atoms with E-state index in [9.17, 15) is 0 Å². The Balaban J connectivity index is 0. The van der Waals surface area contributed by atoms with Gasteiger partial charge in [0.05, 0.1) is 0 Å². The van der Waals surface area contributed by atoms with Crippen molar-refractivity contribution in [1.29, 1.82) is 0 Å². The van der Waals surface area contributed by atoms with E-state index in [2.05, 4.69) is 41.5 Å². The second-order valence-corrected chi connectivity index (χ2v) is 7.88. The number of hydrogen-bond acceptors (Lipinski definition) is 0. The van der Waals surface area contributed by atoms with Gasteiger partial charge < -0.3 is 0 Å². The van der Waals surface area contributed by atoms with Crippen LogP contribution in [0.4, 0.5) is 0 Å². The third-order valence-electron chi connectivity index (χ3n) is 0.750. The maximum absolute atomic E-state index is 2.30. The Bertz CT molecular complexity index is 74.4. The van der Waals surface area contributed by atoms with E-state index in [0.29, 0.717) is 10.3 Å². The van der Waals surface area contributed by atoms with Crippen LogP contribution in [0.5, 0.6) is 0 Å². The molecule has 0 radical (unpaired) electrons. The van der Waals surface area contributed by atoms with E-state index in [-0.39, 0.29) is 18.9 Å². The molecule has 0 aliphatic rings. The first kappa shape index (κ1) is 13.6. The Hall–Kier alpha value is 1.03. The fourth-order valence-electron chi connectivity index (χ4n) is 1.12. The van der Waals surface area contributed by atoms with Crippen LogP contribution in [0.15, 0.2) is 0 Å². The number of hydrogen-bond donors (Lipinski definition) is 0. The van der Waals surface area contributed by atoms with Gasteiger partial charge in [-0.1, -0.05) is 41.5 Å². The fraction of sp³-hybridized carbons (Fsp3) is 1.00. The molecule has 2 heteroatoms. The molecule has 10 heavy (non-hydrogen) atoms. The zero-order valence-electron chi connectivity index (χ0n) is 7.50. The van der Waals surface area contributed by atoms with Crippen LogP contribution in [-0.2, 0) is 0 Å². The van der Waals surface area contributed by atoms with Gasteiger partial charge in [0.25, 0.3) is 0 Å². The van der Waals surface area contributed by atoms with Crippen LogP contribution < -0.4 is 0 Å². The SMILES string of the molecule is CC(C)(C)PC(C)(C)C.[LiH]. The van der Waals surface area contributed by atoms with Gasteiger partial charge in [-0.15, -0.1) is 8.58 Å². The molecule has 0 rings (SSSR count). The summed E-state index contributed by atoms with van der Waals surface area (Å²) in [6.45, 7) is 13.8. The van der Waals surface area contributed by atoms with Crippen LogP contribution in [0.2, 0.25) is 0 Å². The number of rotatable bonds is 0. The van der Waals surface area contributed by atoms with E-state index in [1.54, 1.807) is 0 Å². The maximum atomic E-state index is 2.30. The average molecular weight is 154 g/mol. The molecule has 0 N–H and O–H groups in total. The second-order valence-electron chi connectivity index (χ2n) is 4.62. The first-order chi connectivity index (χ1) is 3.71. The van der Waals surface area contributed by atoms with Gasteiger partial charge in [-0.25, -0.2) is 0 Å². The van der Waals surface area contributed by atoms with Gasteiger partial charge in [0.2, 0.25) is 0 Å². The molecule has 0 spiro atoms. The Morgan fingerprint density at radius 2 is 0.900 bits per heavy atom. The molecular weight excluding hydrogens is 134 g/mol. The fourth-order valence-corrected chi connectivity index (χ4v) is 3.38. The summed E-state index contributed by atoms with van der Waals surface area (Å²) in [6, 6.07) is 0. The van der Waals surface area contributed by atoms with Gasteiger partial charge >= 0.3 is 18.9 Å². The zero-order chi connectivity index (χ0) is 7.71. The summed E-state index contributed by atoms with van der Waals surface area (Å²) in [4.78, 5) is 0. The molecule has 0 amide bonds. The zero-order valence-corrected chi connectivity index (χ0v) is 8.50. The standard InChI is InChI=1S/C8H19P.Li.H/c1-7(2,3)9-8(4,5)6;;/h9H,1-6H3;;. The molecule has 0 nitrogen and oxygen atoms in total. The Labute approximate surface area is 79.5 Å². The summed E-state index contributed by atoms with van der Waals surface area (Å²) in [6.07, 6.45) is 0. The van der Waals surface area contributed by atoms with E-state index in [4.69, 9.17) is 0 Å². The van der Waals surface area contributed by atoms with E-state index in [1.807, 2.05) is 0 Å². The van der Waals surface area contributed by atoms with Crippen molar-refractivity contribution in [2.24, 2.45) is 0 Å². The predicted molar refractivity (Wildman–Crippen MR) is 55.0 cm³/mol. The van der Waals surface area contributed by atoms with Crippen molar-refractivity contribution >= 4 is 27.4 Å². The molecule has 0 aromatic rings. The van der Waals surface area contributed by atoms with Gasteiger partial charge in [0, 0.05) is 0 Å². The van der Waals surface area contributed by atoms with Crippen LogP contribution in [0.25, 0.3) is 0 Å². The third-order valence-corrected chi connectivity index (χ3v) is 2.25. The summed E-state index contributed by atoms with van der Waals surface area (Å²) < 4.78 is 0. The van der Waals surface area contributed by atoms with E-state index in [0.717, 1.165) is 8.58 Å². The summed E-state index contributed by atoms with van der Waals surface area (Å²) in [7, 11) is 1.05. The second kappa shape index (κ2) is 4.15. The van der Waals surface area contributed by atoms with Crippen molar-refractivity contribution in [3.63, 3.8) is 0 Å². The van der Waals surface area contributed by atoms with Gasteiger partial charge in [0.15, 0.2) is 0 Å². The topological polar surface area (TPSA) is 0 Å². The van der Waals surface area contributed by atoms with Gasteiger partial charge in [-0.3, -0.25) is 0 Å². The van der Waals surface area contributed by atoms with Crippen LogP contribution in [-0.4, -0.2) is 29.2 Å². The quantitative estimate of drug-likeness (QED) is 0.371. The van der Waals surface area contributed by atoms with E-state index in [1.165, 1.54) is 0 Å². The van der Waals surface area contributed by atoms with Crippen molar-refractivity contribution < 1.29 is 0 Å². The Morgan fingerprint density at radius 3 is 0.900 bits per heavy atom. The monoisotopic (exact) mass is 154 g/mol. The Kier molecular flexibility index (Phi) is 5.65. The molecule has 0 aromatic carbocycles. The molecule has 0 aliphatic carbocycles. The molecule has 0 aromatic heterocycles. The molecule has 0 aliphatic heterocycles. The molecule has 58 valence electrons. The Morgan fingerprint density at radius 1 is 0.700 bits per heavy atom. The minimum absolute atomic E-state index is 0. The van der Waals surface area contributed by atoms with Crippen molar-refractivity contribution in [2.75, 3.05) is 0 Å². The summed E-state index contributed by atoms with van der Waals surface area (Å²) in [5, 5.41) is 1.02. The molecular formula is C8H20LiP. The van der Waals surface area contributed by atoms with Crippen LogP contribution in [0, 0.1) is 0 Å². The first-order valence-corrected chi connectivity index (χ1v) is 4.50. The summed E-state index contributed by atoms with van der Waals surface area (Å²) in [5.74, 6) is 0. The molecule has 0 unspecified atom stereocenters. The van der Waals surface area contributed by atoms with Crippen molar-refractivity contribution in [2.45, 2.75) is 51.9 Å².